The zero-order valence-electron chi connectivity index (χ0n) is 15.6. The molecule has 0 radical (unpaired) electrons. The minimum absolute atomic E-state index is 0.0174. The highest BCUT2D eigenvalue weighted by Crippen LogP contribution is 2.48. The van der Waals surface area contributed by atoms with Gasteiger partial charge >= 0.3 is 6.18 Å². The number of hydrogen-bond donors (Lipinski definition) is 0. The van der Waals surface area contributed by atoms with E-state index in [1.165, 1.54) is 11.8 Å². The van der Waals surface area contributed by atoms with Crippen LogP contribution in [0.2, 0.25) is 0 Å². The molecule has 0 saturated carbocycles. The van der Waals surface area contributed by atoms with E-state index >= 15 is 0 Å². The number of fused-ring (bicyclic) bond motifs is 1. The van der Waals surface area contributed by atoms with E-state index in [9.17, 15) is 22.4 Å². The Morgan fingerprint density at radius 3 is 2.79 bits per heavy atom. The lowest BCUT2D eigenvalue weighted by atomic mass is 9.76. The number of halogens is 4. The second-order valence-electron chi connectivity index (χ2n) is 7.29. The molecule has 0 spiro atoms. The highest BCUT2D eigenvalue weighted by Gasteiger charge is 2.45. The smallest absolute Gasteiger partial charge is 0.383 e. The van der Waals surface area contributed by atoms with Crippen molar-refractivity contribution >= 4 is 5.91 Å². The van der Waals surface area contributed by atoms with Gasteiger partial charge in [0, 0.05) is 25.5 Å². The zero-order chi connectivity index (χ0) is 20.5. The number of methoxy groups -OCH3 is 1. The number of nitrogens with zero attached hydrogens (tertiary/aromatic N) is 4. The second kappa shape index (κ2) is 7.65. The Morgan fingerprint density at radius 2 is 2.18 bits per heavy atom. The van der Waals surface area contributed by atoms with Gasteiger partial charge in [-0.15, -0.1) is 5.10 Å². The number of rotatable bonds is 6. The lowest BCUT2D eigenvalue weighted by molar-refractivity contribution is -0.141. The summed E-state index contributed by atoms with van der Waals surface area (Å²) in [5.74, 6) is -1.44. The predicted molar refractivity (Wildman–Crippen MR) is 92.4 cm³/mol. The van der Waals surface area contributed by atoms with E-state index in [1.807, 2.05) is 31.2 Å². The van der Waals surface area contributed by atoms with Gasteiger partial charge < -0.3 is 9.64 Å². The molecule has 6 nitrogen and oxygen atoms in total. The van der Waals surface area contributed by atoms with Gasteiger partial charge in [-0.05, 0) is 6.42 Å². The zero-order valence-corrected chi connectivity index (χ0v) is 15.6. The Hall–Kier alpha value is -2.23. The fourth-order valence-corrected chi connectivity index (χ4v) is 3.62. The molecular weight excluding hydrogens is 380 g/mol. The van der Waals surface area contributed by atoms with Crippen LogP contribution in [-0.2, 0) is 4.74 Å². The summed E-state index contributed by atoms with van der Waals surface area (Å²) in [7, 11) is 1.32. The highest BCUT2D eigenvalue weighted by molar-refractivity contribution is 5.90. The molecule has 28 heavy (non-hydrogen) atoms. The van der Waals surface area contributed by atoms with Crippen LogP contribution in [0.25, 0.3) is 0 Å². The van der Waals surface area contributed by atoms with Crippen molar-refractivity contribution in [1.29, 1.82) is 0 Å². The molecule has 3 rings (SSSR count). The Bertz CT molecular complexity index is 789. The Balaban J connectivity index is 1.87. The first-order valence-corrected chi connectivity index (χ1v) is 8.94. The van der Waals surface area contributed by atoms with Crippen molar-refractivity contribution in [3.8, 4) is 0 Å². The summed E-state index contributed by atoms with van der Waals surface area (Å²) in [6.45, 7) is 0.162. The number of alkyl halides is 4. The Morgan fingerprint density at radius 1 is 1.43 bits per heavy atom. The number of ether oxygens (including phenoxy) is 1. The molecule has 1 amide bonds. The summed E-state index contributed by atoms with van der Waals surface area (Å²) in [4.78, 5) is 17.1. The number of carbonyl (C=O) groups excluding carboxylic acids is 1. The van der Waals surface area contributed by atoms with Crippen LogP contribution in [-0.4, -0.2) is 58.6 Å². The van der Waals surface area contributed by atoms with Crippen LogP contribution in [0.4, 0.5) is 17.6 Å². The molecule has 2 aliphatic rings. The minimum Gasteiger partial charge on any atom is -0.383 e. The highest BCUT2D eigenvalue weighted by atomic mass is 19.4. The van der Waals surface area contributed by atoms with E-state index in [0.29, 0.717) is 11.3 Å². The van der Waals surface area contributed by atoms with Crippen molar-refractivity contribution < 1.29 is 27.1 Å². The third kappa shape index (κ3) is 4.11. The molecule has 2 heterocycles. The average molecular weight is 402 g/mol. The fourth-order valence-electron chi connectivity index (χ4n) is 3.62. The van der Waals surface area contributed by atoms with Gasteiger partial charge in [-0.1, -0.05) is 31.2 Å². The largest absolute Gasteiger partial charge is 0.406 e. The molecule has 1 aliphatic heterocycles. The molecule has 1 aromatic rings. The molecule has 0 N–H and O–H groups in total. The van der Waals surface area contributed by atoms with E-state index < -0.39 is 36.0 Å². The molecule has 0 aromatic carbocycles. The number of carbonyl (C=O) groups is 1. The monoisotopic (exact) mass is 402 g/mol. The van der Waals surface area contributed by atoms with Crippen molar-refractivity contribution in [3.05, 3.63) is 36.0 Å². The minimum atomic E-state index is -4.58. The fraction of sp³-hybridized carbons (Fsp3) is 0.611. The van der Waals surface area contributed by atoms with Crippen molar-refractivity contribution in [2.24, 2.45) is 5.41 Å². The van der Waals surface area contributed by atoms with Crippen LogP contribution in [0, 0.1) is 5.41 Å². The lowest BCUT2D eigenvalue weighted by Gasteiger charge is -2.33. The molecule has 0 saturated heterocycles. The summed E-state index contributed by atoms with van der Waals surface area (Å²) < 4.78 is 59.2. The van der Waals surface area contributed by atoms with Gasteiger partial charge in [-0.25, -0.2) is 14.1 Å². The molecule has 0 bridgehead atoms. The van der Waals surface area contributed by atoms with E-state index in [4.69, 9.17) is 4.74 Å². The van der Waals surface area contributed by atoms with Crippen molar-refractivity contribution in [3.63, 3.8) is 0 Å². The third-order valence-electron chi connectivity index (χ3n) is 5.12. The normalized spacial score (nSPS) is 26.5. The molecule has 3 atom stereocenters. The standard InChI is InChI=1S/C18H22F4N4O2/c1-17(6-4-3-5-7-17)13-10-12(19)15-23-14(24-26(13)15)16(27)25(8-9-28-2)11-18(20,21)22/h3-6,12-13H,7-11H2,1-2H3/t12-,13-,17?/m0/s1. The van der Waals surface area contributed by atoms with Crippen LogP contribution in [0.15, 0.2) is 24.3 Å². The first-order chi connectivity index (χ1) is 13.1. The molecule has 1 aromatic heterocycles. The number of aromatic nitrogens is 3. The SMILES string of the molecule is COCCN(CC(F)(F)F)C(=O)c1nc2n(n1)[C@H](C1(C)C=CC=CC1)C[C@@H]2F. The van der Waals surface area contributed by atoms with Crippen molar-refractivity contribution in [2.45, 2.75) is 38.2 Å². The van der Waals surface area contributed by atoms with E-state index in [1.54, 1.807) is 0 Å². The van der Waals surface area contributed by atoms with Gasteiger partial charge in [0.1, 0.15) is 6.54 Å². The van der Waals surface area contributed by atoms with Crippen LogP contribution in [0.5, 0.6) is 0 Å². The van der Waals surface area contributed by atoms with Gasteiger partial charge in [0.2, 0.25) is 5.82 Å². The number of allylic oxidation sites excluding steroid dienone is 4. The molecule has 1 aliphatic carbocycles. The first kappa shape index (κ1) is 20.5. The second-order valence-corrected chi connectivity index (χ2v) is 7.29. The lowest BCUT2D eigenvalue weighted by Crippen LogP contribution is -2.41. The average Bonchev–Trinajstić information content (AvgIpc) is 3.18. The maximum atomic E-state index is 14.6. The van der Waals surface area contributed by atoms with Gasteiger partial charge in [-0.3, -0.25) is 4.79 Å². The summed E-state index contributed by atoms with van der Waals surface area (Å²) in [6, 6.07) is -0.372. The number of amides is 1. The van der Waals surface area contributed by atoms with E-state index in [-0.39, 0.29) is 31.4 Å². The first-order valence-electron chi connectivity index (χ1n) is 8.94. The summed E-state index contributed by atoms with van der Waals surface area (Å²) in [5.41, 5.74) is -0.417. The van der Waals surface area contributed by atoms with Crippen LogP contribution >= 0.6 is 0 Å². The Kier molecular flexibility index (Phi) is 5.60. The van der Waals surface area contributed by atoms with E-state index in [0.717, 1.165) is 0 Å². The summed E-state index contributed by atoms with van der Waals surface area (Å²) >= 11 is 0. The Labute approximate surface area is 159 Å². The topological polar surface area (TPSA) is 60.2 Å². The molecule has 1 unspecified atom stereocenters. The van der Waals surface area contributed by atoms with Crippen LogP contribution in [0.1, 0.15) is 48.4 Å². The van der Waals surface area contributed by atoms with Gasteiger partial charge in [0.05, 0.1) is 12.6 Å². The number of hydrogen-bond acceptors (Lipinski definition) is 4. The van der Waals surface area contributed by atoms with Gasteiger partial charge in [-0.2, -0.15) is 13.2 Å². The van der Waals surface area contributed by atoms with Crippen LogP contribution in [0.3, 0.4) is 0 Å². The summed E-state index contributed by atoms with van der Waals surface area (Å²) in [6.07, 6.45) is 2.50. The molecular formula is C18H22F4N4O2. The van der Waals surface area contributed by atoms with Gasteiger partial charge in [0.25, 0.3) is 5.91 Å². The van der Waals surface area contributed by atoms with Crippen molar-refractivity contribution in [2.75, 3.05) is 26.8 Å². The summed E-state index contributed by atoms with van der Waals surface area (Å²) in [5, 5.41) is 4.11. The molecule has 10 heteroatoms. The maximum absolute atomic E-state index is 14.6. The van der Waals surface area contributed by atoms with Crippen molar-refractivity contribution in [1.82, 2.24) is 19.7 Å². The maximum Gasteiger partial charge on any atom is 0.406 e. The predicted octanol–water partition coefficient (Wildman–Crippen LogP) is 3.41. The van der Waals surface area contributed by atoms with Crippen LogP contribution < -0.4 is 0 Å². The van der Waals surface area contributed by atoms with Gasteiger partial charge in [0.15, 0.2) is 12.0 Å². The molecule has 0 fully saturated rings. The molecule has 154 valence electrons. The quantitative estimate of drug-likeness (QED) is 0.685. The third-order valence-corrected chi connectivity index (χ3v) is 5.12. The van der Waals surface area contributed by atoms with E-state index in [2.05, 4.69) is 10.1 Å².